The Hall–Kier alpha value is 0.220. The van der Waals surface area contributed by atoms with Crippen molar-refractivity contribution in [3.8, 4) is 0 Å². The molecule has 0 saturated carbocycles. The highest BCUT2D eigenvalue weighted by molar-refractivity contribution is 7.83. The van der Waals surface area contributed by atoms with E-state index in [1.165, 1.54) is 6.92 Å². The monoisotopic (exact) mass is 158 g/mol. The number of hydrogen-bond donors (Lipinski definition) is 2. The zero-order chi connectivity index (χ0) is 6.78. The maximum atomic E-state index is 9.73. The van der Waals surface area contributed by atoms with Crippen LogP contribution in [0.5, 0.6) is 0 Å². The van der Waals surface area contributed by atoms with Crippen LogP contribution in [0.15, 0.2) is 0 Å². The molecule has 0 aliphatic heterocycles. The van der Waals surface area contributed by atoms with E-state index in [2.05, 4.69) is 16.8 Å². The van der Waals surface area contributed by atoms with Gasteiger partial charge in [-0.05, 0) is 6.92 Å². The van der Waals surface area contributed by atoms with E-state index >= 15 is 0 Å². The van der Waals surface area contributed by atoms with Gasteiger partial charge in [0.2, 0.25) is 0 Å². The van der Waals surface area contributed by atoms with Crippen LogP contribution in [-0.4, -0.2) is 18.4 Å². The van der Waals surface area contributed by atoms with E-state index in [-0.39, 0.29) is 0 Å². The van der Waals surface area contributed by atoms with Crippen LogP contribution in [0, 0.1) is 0 Å². The standard InChI is InChI=1S/C2H6O4S2/c1-2(7)6-8(3,4)5/h2,7H,1H3,(H,3,4,5). The summed E-state index contributed by atoms with van der Waals surface area (Å²) in [5.74, 6) is 0. The minimum atomic E-state index is -4.30. The van der Waals surface area contributed by atoms with Gasteiger partial charge in [0.15, 0.2) is 0 Å². The number of hydrogen-bond acceptors (Lipinski definition) is 4. The Balaban J connectivity index is 3.75. The first kappa shape index (κ1) is 8.22. The molecule has 0 aromatic rings. The Kier molecular flexibility index (Phi) is 2.75. The normalized spacial score (nSPS) is 15.9. The van der Waals surface area contributed by atoms with Gasteiger partial charge in [-0.3, -0.25) is 4.55 Å². The fraction of sp³-hybridized carbons (Fsp3) is 1.00. The summed E-state index contributed by atoms with van der Waals surface area (Å²) in [4.78, 5) is 0. The Morgan fingerprint density at radius 3 is 2.12 bits per heavy atom. The summed E-state index contributed by atoms with van der Waals surface area (Å²) in [6.45, 7) is 1.37. The lowest BCUT2D eigenvalue weighted by Crippen LogP contribution is -2.08. The number of rotatable bonds is 2. The summed E-state index contributed by atoms with van der Waals surface area (Å²) < 4.78 is 31.2. The summed E-state index contributed by atoms with van der Waals surface area (Å²) in [6.07, 6.45) is 0. The summed E-state index contributed by atoms with van der Waals surface area (Å²) in [6, 6.07) is 0. The van der Waals surface area contributed by atoms with E-state index in [0.29, 0.717) is 0 Å². The highest BCUT2D eigenvalue weighted by Gasteiger charge is 2.06. The van der Waals surface area contributed by atoms with Gasteiger partial charge in [-0.1, -0.05) is 0 Å². The molecule has 0 rings (SSSR count). The summed E-state index contributed by atoms with van der Waals surface area (Å²) in [5.41, 5.74) is -0.801. The van der Waals surface area contributed by atoms with Gasteiger partial charge in [-0.2, -0.15) is 8.42 Å². The lowest BCUT2D eigenvalue weighted by atomic mass is 10.9. The molecule has 0 aromatic heterocycles. The lowest BCUT2D eigenvalue weighted by molar-refractivity contribution is 0.263. The molecule has 0 aromatic carbocycles. The van der Waals surface area contributed by atoms with Crippen molar-refractivity contribution in [3.63, 3.8) is 0 Å². The van der Waals surface area contributed by atoms with Crippen molar-refractivity contribution in [1.29, 1.82) is 0 Å². The zero-order valence-corrected chi connectivity index (χ0v) is 5.82. The molecule has 1 N–H and O–H groups in total. The molecule has 8 heavy (non-hydrogen) atoms. The maximum absolute atomic E-state index is 9.73. The van der Waals surface area contributed by atoms with Gasteiger partial charge >= 0.3 is 10.4 Å². The molecular weight excluding hydrogens is 152 g/mol. The Morgan fingerprint density at radius 2 is 2.12 bits per heavy atom. The zero-order valence-electron chi connectivity index (χ0n) is 4.10. The fourth-order valence-corrected chi connectivity index (χ4v) is 0.854. The molecule has 0 radical (unpaired) electrons. The van der Waals surface area contributed by atoms with Crippen LogP contribution in [0.3, 0.4) is 0 Å². The fourth-order valence-electron chi connectivity index (χ4n) is 0.176. The molecule has 0 spiro atoms. The van der Waals surface area contributed by atoms with Crippen molar-refractivity contribution in [1.82, 2.24) is 0 Å². The smallest absolute Gasteiger partial charge is 0.263 e. The predicted molar refractivity (Wildman–Crippen MR) is 31.1 cm³/mol. The Morgan fingerprint density at radius 1 is 1.75 bits per heavy atom. The second-order valence-corrected chi connectivity index (χ2v) is 2.90. The van der Waals surface area contributed by atoms with Crippen LogP contribution >= 0.6 is 12.6 Å². The van der Waals surface area contributed by atoms with E-state index in [0.717, 1.165) is 0 Å². The first-order chi connectivity index (χ1) is 3.42. The van der Waals surface area contributed by atoms with Crippen molar-refractivity contribution in [2.45, 2.75) is 12.4 Å². The molecule has 0 fully saturated rings. The molecule has 0 amide bonds. The summed E-state index contributed by atoms with van der Waals surface area (Å²) in [5, 5.41) is 0. The van der Waals surface area contributed by atoms with Gasteiger partial charge < -0.3 is 0 Å². The van der Waals surface area contributed by atoms with Crippen molar-refractivity contribution < 1.29 is 17.2 Å². The predicted octanol–water partition coefficient (Wildman–Crippen LogP) is 0.0816. The van der Waals surface area contributed by atoms with Crippen molar-refractivity contribution in [2.24, 2.45) is 0 Å². The van der Waals surface area contributed by atoms with E-state index < -0.39 is 15.8 Å². The molecule has 0 aliphatic rings. The maximum Gasteiger partial charge on any atom is 0.398 e. The summed E-state index contributed by atoms with van der Waals surface area (Å²) >= 11 is 3.53. The molecule has 1 unspecified atom stereocenters. The van der Waals surface area contributed by atoms with Crippen LogP contribution in [-0.2, 0) is 14.6 Å². The molecule has 1 atom stereocenters. The highest BCUT2D eigenvalue weighted by Crippen LogP contribution is 1.98. The van der Waals surface area contributed by atoms with Crippen molar-refractivity contribution >= 4 is 23.0 Å². The minimum Gasteiger partial charge on any atom is -0.263 e. The Bertz CT molecular complexity index is 145. The molecular formula is C2H6O4S2. The lowest BCUT2D eigenvalue weighted by Gasteiger charge is -1.98. The molecule has 0 heterocycles. The molecule has 4 nitrogen and oxygen atoms in total. The first-order valence-electron chi connectivity index (χ1n) is 1.75. The minimum absolute atomic E-state index is 0.801. The third kappa shape index (κ3) is 6.22. The number of thiol groups is 1. The van der Waals surface area contributed by atoms with Crippen molar-refractivity contribution in [2.75, 3.05) is 0 Å². The van der Waals surface area contributed by atoms with E-state index in [4.69, 9.17) is 4.55 Å². The van der Waals surface area contributed by atoms with Crippen LogP contribution < -0.4 is 0 Å². The molecule has 50 valence electrons. The quantitative estimate of drug-likeness (QED) is 0.339. The van der Waals surface area contributed by atoms with Gasteiger partial charge in [0, 0.05) is 0 Å². The van der Waals surface area contributed by atoms with Gasteiger partial charge in [-0.15, -0.1) is 12.6 Å². The van der Waals surface area contributed by atoms with Crippen LogP contribution in [0.2, 0.25) is 0 Å². The van der Waals surface area contributed by atoms with Crippen molar-refractivity contribution in [3.05, 3.63) is 0 Å². The van der Waals surface area contributed by atoms with E-state index in [1.54, 1.807) is 0 Å². The van der Waals surface area contributed by atoms with Crippen LogP contribution in [0.4, 0.5) is 0 Å². The average Bonchev–Trinajstić information content (AvgIpc) is 1.21. The SMILES string of the molecule is CC(S)OS(=O)(=O)O. The highest BCUT2D eigenvalue weighted by atomic mass is 32.3. The second-order valence-electron chi connectivity index (χ2n) is 1.12. The van der Waals surface area contributed by atoms with Gasteiger partial charge in [-0.25, -0.2) is 4.18 Å². The van der Waals surface area contributed by atoms with Gasteiger partial charge in [0.25, 0.3) is 0 Å². The van der Waals surface area contributed by atoms with Gasteiger partial charge in [0.1, 0.15) is 5.44 Å². The van der Waals surface area contributed by atoms with Crippen LogP contribution in [0.1, 0.15) is 6.92 Å². The molecule has 0 bridgehead atoms. The third-order valence-electron chi connectivity index (χ3n) is 0.261. The molecule has 6 heteroatoms. The van der Waals surface area contributed by atoms with E-state index in [9.17, 15) is 8.42 Å². The summed E-state index contributed by atoms with van der Waals surface area (Å²) in [7, 11) is -4.30. The second kappa shape index (κ2) is 2.67. The topological polar surface area (TPSA) is 63.6 Å². The molecule has 0 saturated heterocycles. The van der Waals surface area contributed by atoms with E-state index in [1.807, 2.05) is 0 Å². The molecule has 0 aliphatic carbocycles. The Labute approximate surface area is 53.2 Å². The van der Waals surface area contributed by atoms with Crippen LogP contribution in [0.25, 0.3) is 0 Å². The largest absolute Gasteiger partial charge is 0.398 e. The van der Waals surface area contributed by atoms with Gasteiger partial charge in [0.05, 0.1) is 0 Å². The first-order valence-corrected chi connectivity index (χ1v) is 3.64. The third-order valence-corrected chi connectivity index (χ3v) is 1.04. The average molecular weight is 158 g/mol.